The van der Waals surface area contributed by atoms with Crippen LogP contribution in [0.3, 0.4) is 0 Å². The minimum atomic E-state index is -4.01. The molecule has 0 amide bonds. The van der Waals surface area contributed by atoms with E-state index in [2.05, 4.69) is 0 Å². The van der Waals surface area contributed by atoms with Gasteiger partial charge in [-0.15, -0.1) is 4.41 Å². The number of nitrogens with two attached hydrogens (primary N) is 1. The Morgan fingerprint density at radius 2 is 1.48 bits per heavy atom. The molecule has 1 unspecified atom stereocenters. The zero-order valence-electron chi connectivity index (χ0n) is 17.1. The summed E-state index contributed by atoms with van der Waals surface area (Å²) in [6.45, 7) is 4.36. The van der Waals surface area contributed by atoms with E-state index in [1.165, 1.54) is 28.7 Å². The first kappa shape index (κ1) is 24.4. The highest BCUT2D eigenvalue weighted by atomic mass is 35.5. The van der Waals surface area contributed by atoms with Crippen LogP contribution >= 0.6 is 23.2 Å². The molecule has 0 aliphatic carbocycles. The van der Waals surface area contributed by atoms with Crippen LogP contribution in [0.2, 0.25) is 10.0 Å². The van der Waals surface area contributed by atoms with Gasteiger partial charge in [0.2, 0.25) is 10.0 Å². The lowest BCUT2D eigenvalue weighted by molar-refractivity contribution is 0.0976. The van der Waals surface area contributed by atoms with Gasteiger partial charge in [0, 0.05) is 23.1 Å². The number of halogens is 2. The molecule has 0 aromatic heterocycles. The molecule has 31 heavy (non-hydrogen) atoms. The Bertz CT molecular complexity index is 1120. The minimum Gasteiger partial charge on any atom is -0.229 e. The fourth-order valence-corrected chi connectivity index (χ4v) is 6.25. The van der Waals surface area contributed by atoms with Crippen molar-refractivity contribution in [1.82, 2.24) is 9.42 Å². The van der Waals surface area contributed by atoms with Crippen LogP contribution in [0.1, 0.15) is 25.5 Å². The number of rotatable bonds is 7. The first-order chi connectivity index (χ1) is 14.4. The Hall–Kier alpha value is -1.20. The maximum Gasteiger partial charge on any atom is 0.256 e. The van der Waals surface area contributed by atoms with Crippen LogP contribution in [0.15, 0.2) is 53.4 Å². The molecule has 11 heteroatoms. The van der Waals surface area contributed by atoms with Gasteiger partial charge in [0.15, 0.2) is 0 Å². The first-order valence-electron chi connectivity index (χ1n) is 9.71. The minimum absolute atomic E-state index is 0.0427. The van der Waals surface area contributed by atoms with Crippen LogP contribution in [0.25, 0.3) is 0 Å². The van der Waals surface area contributed by atoms with Crippen molar-refractivity contribution in [2.24, 2.45) is 17.0 Å². The predicted molar refractivity (Wildman–Crippen MR) is 123 cm³/mol. The van der Waals surface area contributed by atoms with Crippen LogP contribution in [0, 0.1) is 11.8 Å². The van der Waals surface area contributed by atoms with Gasteiger partial charge < -0.3 is 0 Å². The third kappa shape index (κ3) is 5.60. The smallest absolute Gasteiger partial charge is 0.229 e. The summed E-state index contributed by atoms with van der Waals surface area (Å²) in [7, 11) is -7.79. The van der Waals surface area contributed by atoms with Crippen LogP contribution in [-0.4, -0.2) is 45.1 Å². The molecule has 0 spiro atoms. The fourth-order valence-electron chi connectivity index (χ4n) is 3.81. The molecule has 2 N–H and O–H groups in total. The summed E-state index contributed by atoms with van der Waals surface area (Å²) in [5.41, 5.74) is 0.777. The van der Waals surface area contributed by atoms with Gasteiger partial charge >= 0.3 is 0 Å². The van der Waals surface area contributed by atoms with Gasteiger partial charge in [-0.2, -0.15) is 0 Å². The highest BCUT2D eigenvalue weighted by Gasteiger charge is 2.48. The van der Waals surface area contributed by atoms with E-state index in [-0.39, 0.29) is 29.0 Å². The Balaban J connectivity index is 2.13. The zero-order valence-corrected chi connectivity index (χ0v) is 20.3. The van der Waals surface area contributed by atoms with E-state index in [4.69, 9.17) is 28.3 Å². The molecule has 7 nitrogen and oxygen atoms in total. The lowest BCUT2D eigenvalue weighted by Crippen LogP contribution is -2.44. The zero-order chi connectivity index (χ0) is 23.0. The van der Waals surface area contributed by atoms with Gasteiger partial charge in [-0.3, -0.25) is 0 Å². The van der Waals surface area contributed by atoms with Crippen molar-refractivity contribution >= 4 is 43.2 Å². The Morgan fingerprint density at radius 3 is 1.97 bits per heavy atom. The van der Waals surface area contributed by atoms with Crippen LogP contribution < -0.4 is 5.14 Å². The third-order valence-electron chi connectivity index (χ3n) is 5.40. The van der Waals surface area contributed by atoms with Crippen LogP contribution in [0.4, 0.5) is 0 Å². The van der Waals surface area contributed by atoms with E-state index in [0.29, 0.717) is 16.6 Å². The number of hydrogen-bond donors (Lipinski definition) is 1. The summed E-state index contributed by atoms with van der Waals surface area (Å²) in [5.74, 6) is -0.315. The second-order valence-corrected chi connectivity index (χ2v) is 12.3. The SMILES string of the molecule is CC(C)C1CN(CCS(N)(=O)=O)N(S(=O)(=O)c2ccc(Cl)cc2)[C@H]1c1ccc(Cl)cc1. The monoisotopic (exact) mass is 505 g/mol. The summed E-state index contributed by atoms with van der Waals surface area (Å²) < 4.78 is 52.0. The molecule has 3 rings (SSSR count). The van der Waals surface area contributed by atoms with Crippen molar-refractivity contribution in [2.45, 2.75) is 24.8 Å². The van der Waals surface area contributed by atoms with Crippen LogP contribution in [0.5, 0.6) is 0 Å². The predicted octanol–water partition coefficient (Wildman–Crippen LogP) is 3.52. The number of primary sulfonamides is 1. The molecule has 1 heterocycles. The molecule has 0 bridgehead atoms. The highest BCUT2D eigenvalue weighted by molar-refractivity contribution is 7.89. The first-order valence-corrected chi connectivity index (χ1v) is 13.6. The Labute approximate surface area is 193 Å². The quantitative estimate of drug-likeness (QED) is 0.620. The molecule has 2 aromatic carbocycles. The van der Waals surface area contributed by atoms with E-state index in [0.717, 1.165) is 5.56 Å². The maximum absolute atomic E-state index is 13.7. The van der Waals surface area contributed by atoms with E-state index in [9.17, 15) is 16.8 Å². The molecule has 0 saturated carbocycles. The summed E-state index contributed by atoms with van der Waals surface area (Å²) in [5, 5.41) is 7.73. The van der Waals surface area contributed by atoms with Crippen molar-refractivity contribution in [3.05, 3.63) is 64.1 Å². The number of hydrazine groups is 1. The van der Waals surface area contributed by atoms with Crippen LogP contribution in [-0.2, 0) is 20.0 Å². The van der Waals surface area contributed by atoms with Crippen molar-refractivity contribution in [2.75, 3.05) is 18.8 Å². The topological polar surface area (TPSA) is 101 Å². The molecule has 1 aliphatic heterocycles. The summed E-state index contributed by atoms with van der Waals surface area (Å²) in [6, 6.07) is 12.4. The Kier molecular flexibility index (Phi) is 7.37. The van der Waals surface area contributed by atoms with Gasteiger partial charge in [-0.05, 0) is 53.8 Å². The van der Waals surface area contributed by atoms with E-state index in [1.807, 2.05) is 13.8 Å². The van der Waals surface area contributed by atoms with Gasteiger partial charge in [0.25, 0.3) is 10.0 Å². The molecule has 1 saturated heterocycles. The second-order valence-electron chi connectivity index (χ2n) is 7.92. The van der Waals surface area contributed by atoms with Crippen molar-refractivity contribution in [3.63, 3.8) is 0 Å². The number of benzene rings is 2. The molecule has 2 atom stereocenters. The summed E-state index contributed by atoms with van der Waals surface area (Å²) in [4.78, 5) is 0.0703. The lowest BCUT2D eigenvalue weighted by atomic mass is 9.86. The molecule has 170 valence electrons. The van der Waals surface area contributed by atoms with Crippen molar-refractivity contribution in [3.8, 4) is 0 Å². The lowest BCUT2D eigenvalue weighted by Gasteiger charge is -2.32. The standard InChI is InChI=1S/C20H25Cl2N3O4S2/c1-14(2)19-13-24(11-12-30(23,26)27)25(20(19)15-3-5-16(21)6-4-15)31(28,29)18-9-7-17(22)8-10-18/h3-10,14,19-20H,11-13H2,1-2H3,(H2,23,26,27)/t19?,20-/m0/s1. The third-order valence-corrected chi connectivity index (χ3v) is 8.48. The van der Waals surface area contributed by atoms with E-state index in [1.54, 1.807) is 29.3 Å². The molecule has 1 aliphatic rings. The molecular weight excluding hydrogens is 481 g/mol. The van der Waals surface area contributed by atoms with Gasteiger partial charge in [-0.25, -0.2) is 27.0 Å². The molecule has 1 fully saturated rings. The highest BCUT2D eigenvalue weighted by Crippen LogP contribution is 2.44. The van der Waals surface area contributed by atoms with Gasteiger partial charge in [0.1, 0.15) is 0 Å². The summed E-state index contributed by atoms with van der Waals surface area (Å²) >= 11 is 12.0. The van der Waals surface area contributed by atoms with Gasteiger partial charge in [0.05, 0.1) is 16.7 Å². The number of sulfonamides is 2. The molecular formula is C20H25Cl2N3O4S2. The maximum atomic E-state index is 13.7. The Morgan fingerprint density at radius 1 is 0.968 bits per heavy atom. The summed E-state index contributed by atoms with van der Waals surface area (Å²) in [6.07, 6.45) is 0. The van der Waals surface area contributed by atoms with E-state index >= 15 is 0 Å². The number of hydrogen-bond acceptors (Lipinski definition) is 5. The van der Waals surface area contributed by atoms with E-state index < -0.39 is 26.1 Å². The van der Waals surface area contributed by atoms with Gasteiger partial charge in [-0.1, -0.05) is 49.2 Å². The molecule has 2 aromatic rings. The number of nitrogens with zero attached hydrogens (tertiary/aromatic N) is 2. The average molecular weight is 506 g/mol. The second kappa shape index (κ2) is 9.35. The largest absolute Gasteiger partial charge is 0.256 e. The normalized spacial score (nSPS) is 21.1. The van der Waals surface area contributed by atoms with Crippen molar-refractivity contribution < 1.29 is 16.8 Å². The van der Waals surface area contributed by atoms with Crippen molar-refractivity contribution in [1.29, 1.82) is 0 Å². The fraction of sp³-hybridized carbons (Fsp3) is 0.400. The average Bonchev–Trinajstić information content (AvgIpc) is 3.07. The molecule has 0 radical (unpaired) electrons.